The van der Waals surface area contributed by atoms with Gasteiger partial charge < -0.3 is 20.1 Å². The lowest BCUT2D eigenvalue weighted by molar-refractivity contribution is -0.136. The standard InChI is InChI=1S/C24H21BrN4O5/c1-33-20-11-9-19(10-12-20)28-23(31)24(32)29-26-14-16-3-2-4-21(13-16)34-15-22(30)27-18-7-5-17(25)6-8-18/h2-14H,15H2,1H3,(H,27,30)(H,28,31)(H,29,32)/b26-14-. The molecule has 9 nitrogen and oxygen atoms in total. The number of hydrazone groups is 1. The predicted molar refractivity (Wildman–Crippen MR) is 132 cm³/mol. The minimum absolute atomic E-state index is 0.182. The molecule has 0 saturated carbocycles. The van der Waals surface area contributed by atoms with E-state index in [1.165, 1.54) is 13.3 Å². The zero-order chi connectivity index (χ0) is 24.3. The summed E-state index contributed by atoms with van der Waals surface area (Å²) in [7, 11) is 1.53. The van der Waals surface area contributed by atoms with E-state index in [0.29, 0.717) is 28.4 Å². The maximum absolute atomic E-state index is 12.1. The fourth-order valence-electron chi connectivity index (χ4n) is 2.64. The number of nitrogens with one attached hydrogen (secondary N) is 3. The number of amides is 3. The maximum Gasteiger partial charge on any atom is 0.329 e. The molecule has 10 heteroatoms. The Bertz CT molecular complexity index is 1180. The van der Waals surface area contributed by atoms with Crippen LogP contribution in [0.5, 0.6) is 11.5 Å². The van der Waals surface area contributed by atoms with Gasteiger partial charge in [-0.1, -0.05) is 28.1 Å². The Labute approximate surface area is 204 Å². The van der Waals surface area contributed by atoms with Crippen molar-refractivity contribution in [1.29, 1.82) is 0 Å². The highest BCUT2D eigenvalue weighted by atomic mass is 79.9. The smallest absolute Gasteiger partial charge is 0.329 e. The number of nitrogens with zero attached hydrogens (tertiary/aromatic N) is 1. The quantitative estimate of drug-likeness (QED) is 0.236. The third-order valence-electron chi connectivity index (χ3n) is 4.29. The van der Waals surface area contributed by atoms with Crippen LogP contribution in [0.4, 0.5) is 11.4 Å². The van der Waals surface area contributed by atoms with Gasteiger partial charge in [0.25, 0.3) is 5.91 Å². The maximum atomic E-state index is 12.1. The van der Waals surface area contributed by atoms with Crippen LogP contribution in [0.1, 0.15) is 5.56 Å². The minimum atomic E-state index is -0.927. The van der Waals surface area contributed by atoms with Crippen LogP contribution < -0.4 is 25.5 Å². The van der Waals surface area contributed by atoms with Crippen molar-refractivity contribution in [2.24, 2.45) is 5.10 Å². The van der Waals surface area contributed by atoms with Crippen LogP contribution in [-0.2, 0) is 14.4 Å². The monoisotopic (exact) mass is 524 g/mol. The molecule has 34 heavy (non-hydrogen) atoms. The molecular weight excluding hydrogens is 504 g/mol. The Morgan fingerprint density at radius 2 is 1.56 bits per heavy atom. The second-order valence-corrected chi connectivity index (χ2v) is 7.71. The summed E-state index contributed by atoms with van der Waals surface area (Å²) in [5.41, 5.74) is 3.86. The zero-order valence-corrected chi connectivity index (χ0v) is 19.7. The molecule has 0 saturated heterocycles. The molecule has 0 atom stereocenters. The first-order chi connectivity index (χ1) is 16.4. The van der Waals surface area contributed by atoms with E-state index in [-0.39, 0.29) is 12.5 Å². The molecule has 0 bridgehead atoms. The number of rotatable bonds is 8. The average Bonchev–Trinajstić information content (AvgIpc) is 2.85. The number of ether oxygens (including phenoxy) is 2. The fraction of sp³-hybridized carbons (Fsp3) is 0.0833. The van der Waals surface area contributed by atoms with E-state index >= 15 is 0 Å². The minimum Gasteiger partial charge on any atom is -0.497 e. The van der Waals surface area contributed by atoms with Crippen molar-refractivity contribution in [2.75, 3.05) is 24.4 Å². The van der Waals surface area contributed by atoms with Crippen LogP contribution in [0.2, 0.25) is 0 Å². The van der Waals surface area contributed by atoms with Gasteiger partial charge in [0, 0.05) is 15.8 Å². The number of carbonyl (C=O) groups is 3. The second-order valence-electron chi connectivity index (χ2n) is 6.80. The molecule has 0 spiro atoms. The van der Waals surface area contributed by atoms with Gasteiger partial charge in [-0.25, -0.2) is 5.43 Å². The van der Waals surface area contributed by atoms with Crippen molar-refractivity contribution < 1.29 is 23.9 Å². The number of methoxy groups -OCH3 is 1. The molecule has 0 fully saturated rings. The van der Waals surface area contributed by atoms with Crippen molar-refractivity contribution in [3.8, 4) is 11.5 Å². The van der Waals surface area contributed by atoms with E-state index in [1.807, 2.05) is 12.1 Å². The molecule has 0 aliphatic carbocycles. The number of benzene rings is 3. The van der Waals surface area contributed by atoms with E-state index in [4.69, 9.17) is 9.47 Å². The van der Waals surface area contributed by atoms with Crippen LogP contribution in [-0.4, -0.2) is 37.7 Å². The van der Waals surface area contributed by atoms with E-state index in [9.17, 15) is 14.4 Å². The summed E-state index contributed by atoms with van der Waals surface area (Å²) in [4.78, 5) is 36.0. The number of anilines is 2. The van der Waals surface area contributed by atoms with Crippen molar-refractivity contribution >= 4 is 51.2 Å². The molecule has 3 N–H and O–H groups in total. The van der Waals surface area contributed by atoms with Gasteiger partial charge in [-0.05, 0) is 66.2 Å². The van der Waals surface area contributed by atoms with Gasteiger partial charge in [0.15, 0.2) is 6.61 Å². The molecule has 174 valence electrons. The van der Waals surface area contributed by atoms with Crippen molar-refractivity contribution in [2.45, 2.75) is 0 Å². The van der Waals surface area contributed by atoms with Crippen LogP contribution in [0.25, 0.3) is 0 Å². The van der Waals surface area contributed by atoms with E-state index in [0.717, 1.165) is 4.47 Å². The van der Waals surface area contributed by atoms with Crippen LogP contribution in [0, 0.1) is 0 Å². The van der Waals surface area contributed by atoms with Gasteiger partial charge in [-0.15, -0.1) is 0 Å². The Kier molecular flexibility index (Phi) is 8.75. The molecule has 3 amide bonds. The molecule has 0 heterocycles. The molecule has 0 unspecified atom stereocenters. The summed E-state index contributed by atoms with van der Waals surface area (Å²) in [6.45, 7) is -0.182. The average molecular weight is 525 g/mol. The first kappa shape index (κ1) is 24.5. The van der Waals surface area contributed by atoms with Gasteiger partial charge in [-0.2, -0.15) is 5.10 Å². The van der Waals surface area contributed by atoms with E-state index in [1.54, 1.807) is 60.7 Å². The number of halogens is 1. The SMILES string of the molecule is COc1ccc(NC(=O)C(=O)N/N=C\c2cccc(OCC(=O)Nc3ccc(Br)cc3)c2)cc1. The predicted octanol–water partition coefficient (Wildman–Crippen LogP) is 3.56. The van der Waals surface area contributed by atoms with Gasteiger partial charge in [0.1, 0.15) is 11.5 Å². The molecule has 0 aliphatic rings. The molecule has 3 aromatic carbocycles. The van der Waals surface area contributed by atoms with Gasteiger partial charge >= 0.3 is 11.8 Å². The highest BCUT2D eigenvalue weighted by Gasteiger charge is 2.12. The number of carbonyl (C=O) groups excluding carboxylic acids is 3. The van der Waals surface area contributed by atoms with Gasteiger partial charge in [0.05, 0.1) is 13.3 Å². The second kappa shape index (κ2) is 12.2. The summed E-state index contributed by atoms with van der Waals surface area (Å²) in [6, 6.07) is 20.5. The molecule has 0 aromatic heterocycles. The topological polar surface area (TPSA) is 118 Å². The Hall–Kier alpha value is -4.18. The van der Waals surface area contributed by atoms with Gasteiger partial charge in [-0.3, -0.25) is 14.4 Å². The number of hydrogen-bond donors (Lipinski definition) is 3. The van der Waals surface area contributed by atoms with E-state index in [2.05, 4.69) is 37.1 Å². The molecule has 0 radical (unpaired) electrons. The molecule has 3 rings (SSSR count). The molecule has 3 aromatic rings. The van der Waals surface area contributed by atoms with Crippen molar-refractivity contribution in [1.82, 2.24) is 5.43 Å². The van der Waals surface area contributed by atoms with Crippen LogP contribution in [0.3, 0.4) is 0 Å². The van der Waals surface area contributed by atoms with Crippen LogP contribution >= 0.6 is 15.9 Å². The summed E-state index contributed by atoms with van der Waals surface area (Å²) in [6.07, 6.45) is 1.35. The summed E-state index contributed by atoms with van der Waals surface area (Å²) >= 11 is 3.34. The Balaban J connectivity index is 1.46. The summed E-state index contributed by atoms with van der Waals surface area (Å²) < 4.78 is 11.5. The first-order valence-electron chi connectivity index (χ1n) is 9.99. The largest absolute Gasteiger partial charge is 0.497 e. The Morgan fingerprint density at radius 3 is 2.26 bits per heavy atom. The molecular formula is C24H21BrN4O5. The fourth-order valence-corrected chi connectivity index (χ4v) is 2.91. The lowest BCUT2D eigenvalue weighted by atomic mass is 10.2. The van der Waals surface area contributed by atoms with Gasteiger partial charge in [0.2, 0.25) is 0 Å². The highest BCUT2D eigenvalue weighted by molar-refractivity contribution is 9.10. The molecule has 0 aliphatic heterocycles. The Morgan fingerprint density at radius 1 is 0.882 bits per heavy atom. The third kappa shape index (κ3) is 7.75. The summed E-state index contributed by atoms with van der Waals surface area (Å²) in [5, 5.41) is 8.98. The lowest BCUT2D eigenvalue weighted by Gasteiger charge is -2.08. The lowest BCUT2D eigenvalue weighted by Crippen LogP contribution is -2.32. The van der Waals surface area contributed by atoms with E-state index < -0.39 is 11.8 Å². The first-order valence-corrected chi connectivity index (χ1v) is 10.8. The third-order valence-corrected chi connectivity index (χ3v) is 4.82. The van der Waals surface area contributed by atoms with Crippen LogP contribution in [0.15, 0.2) is 82.4 Å². The normalized spacial score (nSPS) is 10.4. The van der Waals surface area contributed by atoms with Crippen molar-refractivity contribution in [3.63, 3.8) is 0 Å². The summed E-state index contributed by atoms with van der Waals surface area (Å²) in [5.74, 6) is -1.03. The zero-order valence-electron chi connectivity index (χ0n) is 18.1. The highest BCUT2D eigenvalue weighted by Crippen LogP contribution is 2.16. The van der Waals surface area contributed by atoms with Crippen molar-refractivity contribution in [3.05, 3.63) is 82.8 Å². The number of hydrogen-bond acceptors (Lipinski definition) is 6.